The van der Waals surface area contributed by atoms with Gasteiger partial charge in [-0.25, -0.2) is 4.79 Å². The fourth-order valence-corrected chi connectivity index (χ4v) is 3.74. The molecule has 1 atom stereocenters. The van der Waals surface area contributed by atoms with Crippen molar-refractivity contribution >= 4 is 17.6 Å². The summed E-state index contributed by atoms with van der Waals surface area (Å²) in [5.74, 6) is -1.02. The van der Waals surface area contributed by atoms with Gasteiger partial charge in [0.15, 0.2) is 0 Å². The van der Waals surface area contributed by atoms with Crippen LogP contribution in [0.15, 0.2) is 54.6 Å². The summed E-state index contributed by atoms with van der Waals surface area (Å²) in [4.78, 5) is 12.8. The first-order valence-electron chi connectivity index (χ1n) is 9.38. The van der Waals surface area contributed by atoms with Crippen molar-refractivity contribution in [3.63, 3.8) is 0 Å². The highest BCUT2D eigenvalue weighted by atomic mass is 35.5. The molecule has 1 aliphatic rings. The van der Waals surface area contributed by atoms with E-state index in [0.717, 1.165) is 5.56 Å². The smallest absolute Gasteiger partial charge is 0.329 e. The number of benzene rings is 2. The lowest BCUT2D eigenvalue weighted by atomic mass is 9.96. The minimum atomic E-state index is -1.02. The Kier molecular flexibility index (Phi) is 7.04. The lowest BCUT2D eigenvalue weighted by molar-refractivity contribution is -0.885. The Hall–Kier alpha value is -1.96. The van der Waals surface area contributed by atoms with E-state index in [0.29, 0.717) is 31.2 Å². The van der Waals surface area contributed by atoms with E-state index in [1.807, 2.05) is 42.5 Å². The van der Waals surface area contributed by atoms with Gasteiger partial charge in [-0.15, -0.1) is 0 Å². The van der Waals surface area contributed by atoms with Crippen LogP contribution in [0, 0.1) is 5.21 Å². The molecule has 1 N–H and O–H groups in total. The summed E-state index contributed by atoms with van der Waals surface area (Å²) in [7, 11) is 0. The van der Waals surface area contributed by atoms with Gasteiger partial charge in [0, 0.05) is 18.1 Å². The van der Waals surface area contributed by atoms with E-state index in [1.54, 1.807) is 0 Å². The highest BCUT2D eigenvalue weighted by molar-refractivity contribution is 6.30. The Morgan fingerprint density at radius 1 is 1.11 bits per heavy atom. The zero-order valence-corrected chi connectivity index (χ0v) is 16.4. The topological polar surface area (TPSA) is 72.8 Å². The SMILES string of the molecule is O=C(O)COCC[N+]1([O-])CCN([C@H](c2ccccc2)c2ccc(Cl)cc2)CC1. The molecule has 0 spiro atoms. The van der Waals surface area contributed by atoms with E-state index in [2.05, 4.69) is 17.0 Å². The van der Waals surface area contributed by atoms with Gasteiger partial charge in [0.25, 0.3) is 0 Å². The van der Waals surface area contributed by atoms with Gasteiger partial charge in [-0.05, 0) is 23.3 Å². The van der Waals surface area contributed by atoms with Crippen LogP contribution in [0.4, 0.5) is 0 Å². The standard InChI is InChI=1S/C21H25ClN2O4/c22-19-8-6-18(7-9-19)21(17-4-2-1-3-5-17)23-10-12-24(27,13-11-23)14-15-28-16-20(25)26/h1-9,21H,10-16H2,(H,25,26)/t21-/m1/s1. The molecular formula is C21H25ClN2O4. The normalized spacial score (nSPS) is 17.9. The molecular weight excluding hydrogens is 380 g/mol. The van der Waals surface area contributed by atoms with E-state index < -0.39 is 5.97 Å². The van der Waals surface area contributed by atoms with Crippen LogP contribution in [-0.4, -0.2) is 66.6 Å². The molecule has 6 nitrogen and oxygen atoms in total. The van der Waals surface area contributed by atoms with Gasteiger partial charge in [0.2, 0.25) is 0 Å². The van der Waals surface area contributed by atoms with Crippen LogP contribution in [-0.2, 0) is 9.53 Å². The summed E-state index contributed by atoms with van der Waals surface area (Å²) in [6.07, 6.45) is 0. The molecule has 0 aromatic heterocycles. The quantitative estimate of drug-likeness (QED) is 0.415. The van der Waals surface area contributed by atoms with E-state index >= 15 is 0 Å². The van der Waals surface area contributed by atoms with Crippen LogP contribution >= 0.6 is 11.6 Å². The molecule has 150 valence electrons. The van der Waals surface area contributed by atoms with Crippen molar-refractivity contribution in [1.82, 2.24) is 4.90 Å². The molecule has 7 heteroatoms. The average molecular weight is 405 g/mol. The summed E-state index contributed by atoms with van der Waals surface area (Å²) in [6, 6.07) is 18.2. The fraction of sp³-hybridized carbons (Fsp3) is 0.381. The van der Waals surface area contributed by atoms with Gasteiger partial charge in [0.1, 0.15) is 13.2 Å². The number of aliphatic carboxylic acids is 1. The number of hydroxylamine groups is 3. The number of quaternary nitrogens is 1. The molecule has 0 bridgehead atoms. The summed E-state index contributed by atoms with van der Waals surface area (Å²) in [6.45, 7) is 2.29. The molecule has 28 heavy (non-hydrogen) atoms. The first-order chi connectivity index (χ1) is 13.5. The third-order valence-electron chi connectivity index (χ3n) is 5.12. The second-order valence-electron chi connectivity index (χ2n) is 7.08. The second-order valence-corrected chi connectivity index (χ2v) is 7.51. The number of ether oxygens (including phenoxy) is 1. The molecule has 0 saturated carbocycles. The molecule has 1 fully saturated rings. The third kappa shape index (κ3) is 5.53. The number of rotatable bonds is 8. The maximum Gasteiger partial charge on any atom is 0.329 e. The van der Waals surface area contributed by atoms with Gasteiger partial charge in [0.05, 0.1) is 25.7 Å². The Morgan fingerprint density at radius 2 is 1.71 bits per heavy atom. The summed E-state index contributed by atoms with van der Waals surface area (Å²) < 4.78 is 4.70. The van der Waals surface area contributed by atoms with Crippen LogP contribution in [0.2, 0.25) is 5.02 Å². The Bertz CT molecular complexity index is 762. The van der Waals surface area contributed by atoms with Gasteiger partial charge in [-0.2, -0.15) is 0 Å². The van der Waals surface area contributed by atoms with Crippen molar-refractivity contribution in [2.45, 2.75) is 6.04 Å². The summed E-state index contributed by atoms with van der Waals surface area (Å²) in [5.41, 5.74) is 2.33. The van der Waals surface area contributed by atoms with Crippen molar-refractivity contribution in [2.75, 3.05) is 45.9 Å². The van der Waals surface area contributed by atoms with E-state index in [4.69, 9.17) is 21.4 Å². The number of hydrogen-bond donors (Lipinski definition) is 1. The number of hydrogen-bond acceptors (Lipinski definition) is 4. The van der Waals surface area contributed by atoms with E-state index in [9.17, 15) is 10.0 Å². The van der Waals surface area contributed by atoms with Crippen LogP contribution in [0.1, 0.15) is 17.2 Å². The monoisotopic (exact) mass is 404 g/mol. The zero-order valence-electron chi connectivity index (χ0n) is 15.7. The molecule has 1 saturated heterocycles. The van der Waals surface area contributed by atoms with E-state index in [-0.39, 0.29) is 30.4 Å². The Morgan fingerprint density at radius 3 is 2.32 bits per heavy atom. The second kappa shape index (κ2) is 9.49. The molecule has 2 aromatic rings. The maximum atomic E-state index is 12.9. The van der Waals surface area contributed by atoms with Crippen LogP contribution in [0.3, 0.4) is 0 Å². The lowest BCUT2D eigenvalue weighted by Crippen LogP contribution is -2.57. The number of piperazine rings is 1. The Labute approximate surface area is 170 Å². The van der Waals surface area contributed by atoms with Crippen LogP contribution < -0.4 is 0 Å². The molecule has 0 amide bonds. The van der Waals surface area contributed by atoms with Gasteiger partial charge in [-0.3, -0.25) is 4.90 Å². The first-order valence-corrected chi connectivity index (χ1v) is 9.76. The van der Waals surface area contributed by atoms with Crippen LogP contribution in [0.25, 0.3) is 0 Å². The van der Waals surface area contributed by atoms with Crippen molar-refractivity contribution in [3.8, 4) is 0 Å². The third-order valence-corrected chi connectivity index (χ3v) is 5.38. The van der Waals surface area contributed by atoms with E-state index in [1.165, 1.54) is 5.56 Å². The first kappa shape index (κ1) is 20.8. The maximum absolute atomic E-state index is 12.9. The highest BCUT2D eigenvalue weighted by Gasteiger charge is 2.31. The molecule has 1 heterocycles. The number of nitrogens with zero attached hydrogens (tertiary/aromatic N) is 2. The molecule has 2 aromatic carbocycles. The predicted molar refractivity (Wildman–Crippen MR) is 108 cm³/mol. The number of halogens is 1. The van der Waals surface area contributed by atoms with Gasteiger partial charge >= 0.3 is 5.97 Å². The molecule has 3 rings (SSSR count). The van der Waals surface area contributed by atoms with Crippen LogP contribution in [0.5, 0.6) is 0 Å². The average Bonchev–Trinajstić information content (AvgIpc) is 2.69. The van der Waals surface area contributed by atoms with Crippen molar-refractivity contribution in [3.05, 3.63) is 76.0 Å². The number of carboxylic acid groups (broad SMARTS) is 1. The minimum Gasteiger partial charge on any atom is -0.633 e. The predicted octanol–water partition coefficient (Wildman–Crippen LogP) is 3.16. The summed E-state index contributed by atoms with van der Waals surface area (Å²) >= 11 is 6.06. The molecule has 1 aliphatic heterocycles. The lowest BCUT2D eigenvalue weighted by Gasteiger charge is -2.49. The van der Waals surface area contributed by atoms with Crippen molar-refractivity contribution in [2.24, 2.45) is 0 Å². The zero-order chi connectivity index (χ0) is 20.0. The van der Waals surface area contributed by atoms with Gasteiger partial charge < -0.3 is 19.7 Å². The molecule has 0 radical (unpaired) electrons. The Balaban J connectivity index is 1.68. The molecule has 0 aliphatic carbocycles. The summed E-state index contributed by atoms with van der Waals surface area (Å²) in [5, 5.41) is 22.2. The van der Waals surface area contributed by atoms with Gasteiger partial charge in [-0.1, -0.05) is 54.1 Å². The largest absolute Gasteiger partial charge is 0.633 e. The number of carboxylic acids is 1. The number of carbonyl (C=O) groups is 1. The highest BCUT2D eigenvalue weighted by Crippen LogP contribution is 2.31. The fourth-order valence-electron chi connectivity index (χ4n) is 3.61. The van der Waals surface area contributed by atoms with Crippen molar-refractivity contribution < 1.29 is 19.3 Å². The minimum absolute atomic E-state index is 0.0653. The van der Waals surface area contributed by atoms with Crippen molar-refractivity contribution in [1.29, 1.82) is 0 Å². The molecule has 0 unspecified atom stereocenters.